The van der Waals surface area contributed by atoms with Crippen molar-refractivity contribution < 1.29 is 27.4 Å². The van der Waals surface area contributed by atoms with Crippen LogP contribution in [0.25, 0.3) is 0 Å². The van der Waals surface area contributed by atoms with Crippen LogP contribution in [0.3, 0.4) is 0 Å². The van der Waals surface area contributed by atoms with Crippen LogP contribution >= 0.6 is 0 Å². The first kappa shape index (κ1) is 25.4. The number of hydrogen-bond acceptors (Lipinski definition) is 12. The van der Waals surface area contributed by atoms with E-state index >= 15 is 0 Å². The molecule has 1 saturated carbocycles. The number of aromatic nitrogens is 3. The lowest BCUT2D eigenvalue weighted by Crippen LogP contribution is -2.54. The van der Waals surface area contributed by atoms with Gasteiger partial charge in [0.2, 0.25) is 5.95 Å². The average Bonchev–Trinajstić information content (AvgIpc) is 2.91. The Morgan fingerprint density at radius 1 is 0.974 bits per heavy atom. The summed E-state index contributed by atoms with van der Waals surface area (Å²) in [6, 6.07) is 9.54. The van der Waals surface area contributed by atoms with Crippen LogP contribution in [0.2, 0.25) is 0 Å². The van der Waals surface area contributed by atoms with E-state index in [2.05, 4.69) is 30.5 Å². The summed E-state index contributed by atoms with van der Waals surface area (Å²) in [6.45, 7) is 2.19. The number of fused-ring (bicyclic) bond motifs is 1. The molecule has 206 valence electrons. The minimum Gasteiger partial charge on any atom is -0.493 e. The second-order valence-electron chi connectivity index (χ2n) is 9.66. The summed E-state index contributed by atoms with van der Waals surface area (Å²) in [6.07, 6.45) is 5.13. The van der Waals surface area contributed by atoms with Crippen LogP contribution in [-0.2, 0) is 9.84 Å². The highest BCUT2D eigenvalue weighted by molar-refractivity contribution is 7.91. The van der Waals surface area contributed by atoms with E-state index in [0.29, 0.717) is 67.2 Å². The van der Waals surface area contributed by atoms with Crippen LogP contribution in [0.1, 0.15) is 12.8 Å². The molecular formula is C26H30N6O6S. The third-order valence-electron chi connectivity index (χ3n) is 7.00. The molecule has 0 radical (unpaired) electrons. The molecule has 2 aromatic heterocycles. The lowest BCUT2D eigenvalue weighted by molar-refractivity contribution is 0.0198. The van der Waals surface area contributed by atoms with E-state index in [1.807, 2.05) is 24.3 Å². The first-order chi connectivity index (χ1) is 18.9. The maximum absolute atomic E-state index is 11.7. The van der Waals surface area contributed by atoms with Crippen molar-refractivity contribution in [3.05, 3.63) is 42.7 Å². The Morgan fingerprint density at radius 3 is 2.62 bits per heavy atom. The molecule has 4 heterocycles. The van der Waals surface area contributed by atoms with Gasteiger partial charge in [-0.05, 0) is 18.2 Å². The maximum atomic E-state index is 11.7. The number of hydrogen-bond donors (Lipinski definition) is 2. The minimum atomic E-state index is -2.87. The lowest BCUT2D eigenvalue weighted by atomic mass is 9.87. The first-order valence-corrected chi connectivity index (χ1v) is 14.7. The van der Waals surface area contributed by atoms with Gasteiger partial charge in [-0.3, -0.25) is 4.90 Å². The summed E-state index contributed by atoms with van der Waals surface area (Å²) in [5.41, 5.74) is 1.47. The molecule has 0 atom stereocenters. The molecule has 0 spiro atoms. The summed E-state index contributed by atoms with van der Waals surface area (Å²) in [7, 11) is -1.27. The molecule has 1 aliphatic carbocycles. The van der Waals surface area contributed by atoms with Gasteiger partial charge in [0.1, 0.15) is 25.1 Å². The monoisotopic (exact) mass is 554 g/mol. The second kappa shape index (κ2) is 10.7. The van der Waals surface area contributed by atoms with E-state index in [4.69, 9.17) is 18.9 Å². The number of anilines is 4. The molecule has 12 nitrogen and oxygen atoms in total. The molecule has 1 aromatic carbocycles. The zero-order valence-corrected chi connectivity index (χ0v) is 22.3. The largest absolute Gasteiger partial charge is 0.493 e. The number of benzene rings is 1. The van der Waals surface area contributed by atoms with Crippen molar-refractivity contribution in [2.75, 3.05) is 55.6 Å². The van der Waals surface area contributed by atoms with Gasteiger partial charge in [0.15, 0.2) is 27.1 Å². The molecule has 0 amide bonds. The van der Waals surface area contributed by atoms with Gasteiger partial charge in [-0.15, -0.1) is 0 Å². The van der Waals surface area contributed by atoms with Gasteiger partial charge in [-0.25, -0.2) is 18.4 Å². The highest BCUT2D eigenvalue weighted by atomic mass is 32.2. The second-order valence-corrected chi connectivity index (χ2v) is 12.0. The van der Waals surface area contributed by atoms with Crippen LogP contribution in [0.15, 0.2) is 42.7 Å². The van der Waals surface area contributed by atoms with Gasteiger partial charge in [0.25, 0.3) is 5.88 Å². The Labute approximate surface area is 226 Å². The van der Waals surface area contributed by atoms with Crippen molar-refractivity contribution in [3.63, 3.8) is 0 Å². The normalized spacial score (nSPS) is 21.9. The van der Waals surface area contributed by atoms with E-state index in [9.17, 15) is 8.42 Å². The molecule has 13 heteroatoms. The molecule has 2 fully saturated rings. The molecule has 39 heavy (non-hydrogen) atoms. The lowest BCUT2D eigenvalue weighted by Gasteiger charge is -2.44. The molecule has 6 rings (SSSR count). The highest BCUT2D eigenvalue weighted by Crippen LogP contribution is 2.37. The van der Waals surface area contributed by atoms with Gasteiger partial charge in [0, 0.05) is 56.0 Å². The predicted octanol–water partition coefficient (Wildman–Crippen LogP) is 2.78. The molecule has 0 unspecified atom stereocenters. The predicted molar refractivity (Wildman–Crippen MR) is 144 cm³/mol. The van der Waals surface area contributed by atoms with Crippen molar-refractivity contribution >= 4 is 33.0 Å². The molecule has 1 saturated heterocycles. The maximum Gasteiger partial charge on any atom is 0.257 e. The van der Waals surface area contributed by atoms with Crippen molar-refractivity contribution in [1.82, 2.24) is 19.9 Å². The Morgan fingerprint density at radius 2 is 1.79 bits per heavy atom. The summed E-state index contributed by atoms with van der Waals surface area (Å²) in [5.74, 6) is 3.82. The van der Waals surface area contributed by atoms with E-state index in [1.54, 1.807) is 25.6 Å². The summed E-state index contributed by atoms with van der Waals surface area (Å²) >= 11 is 0. The Bertz CT molecular complexity index is 1430. The molecule has 2 N–H and O–H groups in total. The number of nitrogens with one attached hydrogen (secondary N) is 2. The minimum absolute atomic E-state index is 0.0716. The number of rotatable bonds is 8. The smallest absolute Gasteiger partial charge is 0.257 e. The molecule has 3 aliphatic rings. The van der Waals surface area contributed by atoms with Crippen LogP contribution in [0.5, 0.6) is 23.1 Å². The highest BCUT2D eigenvalue weighted by Gasteiger charge is 2.37. The van der Waals surface area contributed by atoms with E-state index in [-0.39, 0.29) is 17.6 Å². The van der Waals surface area contributed by atoms with Crippen LogP contribution in [0.4, 0.5) is 23.1 Å². The van der Waals surface area contributed by atoms with Gasteiger partial charge in [-0.2, -0.15) is 4.98 Å². The Balaban J connectivity index is 1.06. The molecular weight excluding hydrogens is 524 g/mol. The fourth-order valence-electron chi connectivity index (χ4n) is 4.81. The zero-order valence-electron chi connectivity index (χ0n) is 21.5. The topological polar surface area (TPSA) is 137 Å². The molecule has 0 bridgehead atoms. The van der Waals surface area contributed by atoms with Crippen molar-refractivity contribution in [2.24, 2.45) is 0 Å². The summed E-state index contributed by atoms with van der Waals surface area (Å²) in [5, 5.41) is 6.42. The van der Waals surface area contributed by atoms with Crippen LogP contribution in [-0.4, -0.2) is 85.3 Å². The SMILES string of the molecule is COc1cc(Nc2nccc(Nc3cnc4c(c3)OCCO4)n2)ccc1OC1CC(N2CCS(=O)(=O)CC2)C1. The number of nitrogens with zero attached hydrogens (tertiary/aromatic N) is 4. The van der Waals surface area contributed by atoms with E-state index < -0.39 is 9.84 Å². The van der Waals surface area contributed by atoms with Gasteiger partial charge in [0.05, 0.1) is 30.5 Å². The van der Waals surface area contributed by atoms with Gasteiger partial charge >= 0.3 is 0 Å². The third kappa shape index (κ3) is 5.93. The molecule has 2 aliphatic heterocycles. The Kier molecular flexibility index (Phi) is 7.00. The summed E-state index contributed by atoms with van der Waals surface area (Å²) < 4.78 is 46.2. The molecule has 3 aromatic rings. The van der Waals surface area contributed by atoms with Crippen molar-refractivity contribution in [1.29, 1.82) is 0 Å². The number of pyridine rings is 1. The van der Waals surface area contributed by atoms with Crippen LogP contribution < -0.4 is 29.6 Å². The fraction of sp³-hybridized carbons (Fsp3) is 0.423. The number of methoxy groups -OCH3 is 1. The van der Waals surface area contributed by atoms with Crippen molar-refractivity contribution in [2.45, 2.75) is 25.0 Å². The van der Waals surface area contributed by atoms with Crippen molar-refractivity contribution in [3.8, 4) is 23.1 Å². The zero-order chi connectivity index (χ0) is 26.8. The van der Waals surface area contributed by atoms with E-state index in [1.165, 1.54) is 0 Å². The average molecular weight is 555 g/mol. The quantitative estimate of drug-likeness (QED) is 0.424. The van der Waals surface area contributed by atoms with Gasteiger partial charge in [-0.1, -0.05) is 0 Å². The standard InChI is InChI=1S/C26H30N6O6S/c1-35-22-12-17(2-3-21(22)38-20-14-19(15-20)32-6-10-39(33,34)11-7-32)30-26-27-5-4-24(31-26)29-18-13-23-25(28-16-18)37-9-8-36-23/h2-5,12-13,16,19-20H,6-11,14-15H2,1H3,(H2,27,29,30,31). The van der Waals surface area contributed by atoms with E-state index in [0.717, 1.165) is 24.2 Å². The summed E-state index contributed by atoms with van der Waals surface area (Å²) in [4.78, 5) is 15.4. The van der Waals surface area contributed by atoms with Gasteiger partial charge < -0.3 is 29.6 Å². The Hall–Kier alpha value is -3.84. The third-order valence-corrected chi connectivity index (χ3v) is 8.61. The fourth-order valence-corrected chi connectivity index (χ4v) is 6.04. The first-order valence-electron chi connectivity index (χ1n) is 12.9. The van der Waals surface area contributed by atoms with Crippen LogP contribution in [0, 0.1) is 0 Å². The number of ether oxygens (including phenoxy) is 4. The number of sulfone groups is 1.